The first-order chi connectivity index (χ1) is 9.02. The third kappa shape index (κ3) is 2.59. The summed E-state index contributed by atoms with van der Waals surface area (Å²) in [5.74, 6) is -1.21. The summed E-state index contributed by atoms with van der Waals surface area (Å²) in [5, 5.41) is 2.78. The lowest BCUT2D eigenvalue weighted by molar-refractivity contribution is 0.412. The molecule has 3 N–H and O–H groups in total. The molecule has 0 heterocycles. The Kier molecular flexibility index (Phi) is 3.55. The van der Waals surface area contributed by atoms with Crippen molar-refractivity contribution in [2.45, 2.75) is 6.92 Å². The summed E-state index contributed by atoms with van der Waals surface area (Å²) in [6.45, 7) is 1.86. The molecular weight excluding hydrogens is 250 g/mol. The molecule has 5 heteroatoms. The minimum absolute atomic E-state index is 0.0652. The molecule has 0 saturated heterocycles. The second-order valence-corrected chi connectivity index (χ2v) is 4.13. The zero-order valence-electron chi connectivity index (χ0n) is 10.6. The van der Waals surface area contributed by atoms with E-state index in [4.69, 9.17) is 10.5 Å². The van der Waals surface area contributed by atoms with E-state index in [0.29, 0.717) is 5.69 Å². The lowest BCUT2D eigenvalue weighted by Gasteiger charge is -2.12. The molecule has 0 amide bonds. The van der Waals surface area contributed by atoms with Crippen molar-refractivity contribution in [3.05, 3.63) is 47.5 Å². The number of anilines is 3. The van der Waals surface area contributed by atoms with E-state index in [1.54, 1.807) is 25.3 Å². The zero-order chi connectivity index (χ0) is 14.0. The number of nitrogens with two attached hydrogens (primary N) is 1. The van der Waals surface area contributed by atoms with Crippen LogP contribution in [0.1, 0.15) is 5.56 Å². The number of rotatable bonds is 3. The fourth-order valence-corrected chi connectivity index (χ4v) is 1.79. The lowest BCUT2D eigenvalue weighted by Crippen LogP contribution is -2.01. The van der Waals surface area contributed by atoms with Gasteiger partial charge in [0.2, 0.25) is 0 Å². The number of nitrogen functional groups attached to an aromatic ring is 1. The predicted octanol–water partition coefficient (Wildman–Crippen LogP) is 3.61. The summed E-state index contributed by atoms with van der Waals surface area (Å²) in [4.78, 5) is 0. The molecule has 0 aromatic heterocycles. The largest absolute Gasteiger partial charge is 0.496 e. The van der Waals surface area contributed by atoms with Gasteiger partial charge < -0.3 is 15.8 Å². The average Bonchev–Trinajstić information content (AvgIpc) is 2.39. The van der Waals surface area contributed by atoms with Gasteiger partial charge in [0, 0.05) is 5.69 Å². The van der Waals surface area contributed by atoms with Gasteiger partial charge in [-0.25, -0.2) is 8.78 Å². The van der Waals surface area contributed by atoms with Crippen molar-refractivity contribution in [1.29, 1.82) is 0 Å². The number of halogens is 2. The van der Waals surface area contributed by atoms with Crippen LogP contribution < -0.4 is 15.8 Å². The normalized spacial score (nSPS) is 10.3. The monoisotopic (exact) mass is 264 g/mol. The van der Waals surface area contributed by atoms with Gasteiger partial charge >= 0.3 is 0 Å². The van der Waals surface area contributed by atoms with Gasteiger partial charge in [-0.1, -0.05) is 0 Å². The predicted molar refractivity (Wildman–Crippen MR) is 71.8 cm³/mol. The van der Waals surface area contributed by atoms with E-state index < -0.39 is 11.6 Å². The Morgan fingerprint density at radius 3 is 2.53 bits per heavy atom. The summed E-state index contributed by atoms with van der Waals surface area (Å²) in [7, 11) is 1.57. The first kappa shape index (κ1) is 13.1. The third-order valence-corrected chi connectivity index (χ3v) is 2.79. The highest BCUT2D eigenvalue weighted by atomic mass is 19.2. The highest BCUT2D eigenvalue weighted by Crippen LogP contribution is 2.30. The molecule has 0 aliphatic carbocycles. The first-order valence-corrected chi connectivity index (χ1v) is 5.68. The van der Waals surface area contributed by atoms with E-state index in [2.05, 4.69) is 5.32 Å². The molecular formula is C14H14F2N2O. The fourth-order valence-electron chi connectivity index (χ4n) is 1.79. The topological polar surface area (TPSA) is 47.3 Å². The lowest BCUT2D eigenvalue weighted by atomic mass is 10.2. The third-order valence-electron chi connectivity index (χ3n) is 2.79. The van der Waals surface area contributed by atoms with Crippen molar-refractivity contribution in [2.75, 3.05) is 18.2 Å². The van der Waals surface area contributed by atoms with Crippen LogP contribution in [0.5, 0.6) is 5.75 Å². The molecule has 0 spiro atoms. The zero-order valence-corrected chi connectivity index (χ0v) is 10.6. The summed E-state index contributed by atoms with van der Waals surface area (Å²) >= 11 is 0. The fraction of sp³-hybridized carbons (Fsp3) is 0.143. The highest BCUT2D eigenvalue weighted by molar-refractivity contribution is 5.73. The Morgan fingerprint density at radius 1 is 1.16 bits per heavy atom. The van der Waals surface area contributed by atoms with Crippen LogP contribution in [0.4, 0.5) is 25.8 Å². The SMILES string of the molecule is COc1ccc(Nc2c(N)ccc(F)c2F)cc1C. The molecule has 2 aromatic carbocycles. The second-order valence-electron chi connectivity index (χ2n) is 4.13. The molecule has 0 saturated carbocycles. The van der Waals surface area contributed by atoms with Gasteiger partial charge in [0.15, 0.2) is 11.6 Å². The van der Waals surface area contributed by atoms with Gasteiger partial charge in [0.05, 0.1) is 12.8 Å². The van der Waals surface area contributed by atoms with Crippen molar-refractivity contribution in [3.63, 3.8) is 0 Å². The molecule has 0 aliphatic rings. The maximum absolute atomic E-state index is 13.7. The van der Waals surface area contributed by atoms with Crippen LogP contribution in [0, 0.1) is 18.6 Å². The van der Waals surface area contributed by atoms with Crippen LogP contribution in [-0.4, -0.2) is 7.11 Å². The van der Waals surface area contributed by atoms with Crippen LogP contribution in [0.3, 0.4) is 0 Å². The van der Waals surface area contributed by atoms with Crippen molar-refractivity contribution < 1.29 is 13.5 Å². The molecule has 0 bridgehead atoms. The standard InChI is InChI=1S/C14H14F2N2O/c1-8-7-9(3-6-12(8)19-2)18-14-11(17)5-4-10(15)13(14)16/h3-7,18H,17H2,1-2H3. The molecule has 19 heavy (non-hydrogen) atoms. The van der Waals surface area contributed by atoms with E-state index in [1.807, 2.05) is 6.92 Å². The number of methoxy groups -OCH3 is 1. The van der Waals surface area contributed by atoms with Gasteiger partial charge in [0.1, 0.15) is 11.4 Å². The molecule has 100 valence electrons. The highest BCUT2D eigenvalue weighted by Gasteiger charge is 2.12. The quantitative estimate of drug-likeness (QED) is 0.832. The second kappa shape index (κ2) is 5.14. The summed E-state index contributed by atoms with van der Waals surface area (Å²) < 4.78 is 32.0. The summed E-state index contributed by atoms with van der Waals surface area (Å²) in [5.41, 5.74) is 7.20. The summed E-state index contributed by atoms with van der Waals surface area (Å²) in [6.07, 6.45) is 0. The van der Waals surface area contributed by atoms with Crippen LogP contribution in [0.15, 0.2) is 30.3 Å². The van der Waals surface area contributed by atoms with E-state index >= 15 is 0 Å². The van der Waals surface area contributed by atoms with Crippen LogP contribution in [0.2, 0.25) is 0 Å². The van der Waals surface area contributed by atoms with Crippen LogP contribution >= 0.6 is 0 Å². The Bertz CT molecular complexity index is 615. The maximum Gasteiger partial charge on any atom is 0.184 e. The van der Waals surface area contributed by atoms with Gasteiger partial charge in [-0.3, -0.25) is 0 Å². The van der Waals surface area contributed by atoms with Crippen molar-refractivity contribution in [2.24, 2.45) is 0 Å². The number of benzene rings is 2. The Morgan fingerprint density at radius 2 is 1.89 bits per heavy atom. The van der Waals surface area contributed by atoms with Crippen molar-refractivity contribution >= 4 is 17.1 Å². The molecule has 0 atom stereocenters. The molecule has 2 rings (SSSR count). The van der Waals surface area contributed by atoms with E-state index in [9.17, 15) is 8.78 Å². The molecule has 0 unspecified atom stereocenters. The Balaban J connectivity index is 2.36. The minimum atomic E-state index is -0.992. The molecule has 2 aromatic rings. The Labute approximate surface area is 110 Å². The van der Waals surface area contributed by atoms with Gasteiger partial charge in [0.25, 0.3) is 0 Å². The van der Waals surface area contributed by atoms with Gasteiger partial charge in [-0.05, 0) is 42.8 Å². The van der Waals surface area contributed by atoms with Gasteiger partial charge in [-0.2, -0.15) is 0 Å². The smallest absolute Gasteiger partial charge is 0.184 e. The van der Waals surface area contributed by atoms with E-state index in [-0.39, 0.29) is 11.4 Å². The van der Waals surface area contributed by atoms with Crippen LogP contribution in [0.25, 0.3) is 0 Å². The van der Waals surface area contributed by atoms with E-state index in [0.717, 1.165) is 17.4 Å². The summed E-state index contributed by atoms with van der Waals surface area (Å²) in [6, 6.07) is 7.52. The molecule has 3 nitrogen and oxygen atoms in total. The molecule has 0 fully saturated rings. The first-order valence-electron chi connectivity index (χ1n) is 5.68. The van der Waals surface area contributed by atoms with Crippen molar-refractivity contribution in [1.82, 2.24) is 0 Å². The molecule has 0 aliphatic heterocycles. The van der Waals surface area contributed by atoms with E-state index in [1.165, 1.54) is 6.07 Å². The number of hydrogen-bond acceptors (Lipinski definition) is 3. The molecule has 0 radical (unpaired) electrons. The number of hydrogen-bond donors (Lipinski definition) is 2. The van der Waals surface area contributed by atoms with Crippen molar-refractivity contribution in [3.8, 4) is 5.75 Å². The average molecular weight is 264 g/mol. The Hall–Kier alpha value is -2.30. The number of nitrogens with one attached hydrogen (secondary N) is 1. The van der Waals surface area contributed by atoms with Gasteiger partial charge in [-0.15, -0.1) is 0 Å². The maximum atomic E-state index is 13.7. The van der Waals surface area contributed by atoms with Crippen LogP contribution in [-0.2, 0) is 0 Å². The number of aryl methyl sites for hydroxylation is 1. The minimum Gasteiger partial charge on any atom is -0.496 e. The number of ether oxygens (including phenoxy) is 1.